The summed E-state index contributed by atoms with van der Waals surface area (Å²) in [7, 11) is 3.20. The summed E-state index contributed by atoms with van der Waals surface area (Å²) in [5.41, 5.74) is 1.52. The van der Waals surface area contributed by atoms with Crippen LogP contribution in [0.3, 0.4) is 0 Å². The molecule has 0 radical (unpaired) electrons. The maximum absolute atomic E-state index is 13.2. The fraction of sp³-hybridized carbons (Fsp3) is 0.227. The van der Waals surface area contributed by atoms with Crippen molar-refractivity contribution in [3.8, 4) is 11.5 Å². The molecule has 4 nitrogen and oxygen atoms in total. The minimum atomic E-state index is -0.355. The Labute approximate surface area is 168 Å². The van der Waals surface area contributed by atoms with Gasteiger partial charge < -0.3 is 14.4 Å². The van der Waals surface area contributed by atoms with Crippen molar-refractivity contribution in [3.63, 3.8) is 0 Å². The van der Waals surface area contributed by atoms with E-state index >= 15 is 0 Å². The number of carbonyl (C=O) groups excluding carboxylic acids is 1. The summed E-state index contributed by atoms with van der Waals surface area (Å²) in [5, 5.41) is 1.99. The molecule has 0 spiro atoms. The molecule has 0 saturated heterocycles. The third-order valence-corrected chi connectivity index (χ3v) is 5.28. The second-order valence-electron chi connectivity index (χ2n) is 6.25. The number of benzene rings is 2. The average Bonchev–Trinajstić information content (AvgIpc) is 3.24. The number of hydrogen-bond donors (Lipinski definition) is 0. The first-order valence-corrected chi connectivity index (χ1v) is 9.77. The molecule has 0 aliphatic heterocycles. The summed E-state index contributed by atoms with van der Waals surface area (Å²) in [6, 6.07) is 15.4. The van der Waals surface area contributed by atoms with Crippen LogP contribution in [0.4, 0.5) is 4.39 Å². The molecular formula is C22H22FNO3S. The highest BCUT2D eigenvalue weighted by atomic mass is 32.1. The SMILES string of the molecule is COc1ccc(CCN(Cc2cccs2)C(=O)c2ccc(F)cc2)cc1OC. The number of thiophene rings is 1. The molecule has 2 aromatic carbocycles. The molecule has 0 bridgehead atoms. The van der Waals surface area contributed by atoms with Gasteiger partial charge in [0.1, 0.15) is 5.82 Å². The zero-order valence-electron chi connectivity index (χ0n) is 15.9. The van der Waals surface area contributed by atoms with Crippen LogP contribution < -0.4 is 9.47 Å². The first-order chi connectivity index (χ1) is 13.6. The van der Waals surface area contributed by atoms with E-state index in [1.807, 2.05) is 35.7 Å². The fourth-order valence-corrected chi connectivity index (χ4v) is 3.64. The summed E-state index contributed by atoms with van der Waals surface area (Å²) in [4.78, 5) is 15.9. The van der Waals surface area contributed by atoms with E-state index in [9.17, 15) is 9.18 Å². The monoisotopic (exact) mass is 399 g/mol. The van der Waals surface area contributed by atoms with E-state index in [0.29, 0.717) is 36.6 Å². The molecule has 0 aliphatic rings. The molecule has 6 heteroatoms. The molecule has 0 atom stereocenters. The maximum atomic E-state index is 13.2. The predicted molar refractivity (Wildman–Crippen MR) is 109 cm³/mol. The summed E-state index contributed by atoms with van der Waals surface area (Å²) >= 11 is 1.61. The topological polar surface area (TPSA) is 38.8 Å². The normalized spacial score (nSPS) is 10.5. The molecule has 1 heterocycles. The van der Waals surface area contributed by atoms with Gasteiger partial charge in [0.15, 0.2) is 11.5 Å². The maximum Gasteiger partial charge on any atom is 0.254 e. The first kappa shape index (κ1) is 19.9. The molecule has 1 amide bonds. The summed E-state index contributed by atoms with van der Waals surface area (Å²) < 4.78 is 23.8. The van der Waals surface area contributed by atoms with Crippen LogP contribution in [0.1, 0.15) is 20.8 Å². The highest BCUT2D eigenvalue weighted by Gasteiger charge is 2.17. The van der Waals surface area contributed by atoms with Crippen molar-refractivity contribution >= 4 is 17.2 Å². The van der Waals surface area contributed by atoms with Gasteiger partial charge in [-0.3, -0.25) is 4.79 Å². The van der Waals surface area contributed by atoms with Gasteiger partial charge in [-0.1, -0.05) is 12.1 Å². The van der Waals surface area contributed by atoms with Crippen molar-refractivity contribution in [1.82, 2.24) is 4.90 Å². The number of carbonyl (C=O) groups is 1. The average molecular weight is 399 g/mol. The fourth-order valence-electron chi connectivity index (χ4n) is 2.92. The van der Waals surface area contributed by atoms with E-state index < -0.39 is 0 Å². The molecule has 0 N–H and O–H groups in total. The summed E-state index contributed by atoms with van der Waals surface area (Å²) in [6.45, 7) is 1.05. The van der Waals surface area contributed by atoms with Crippen LogP contribution in [0.25, 0.3) is 0 Å². The highest BCUT2D eigenvalue weighted by Crippen LogP contribution is 2.28. The lowest BCUT2D eigenvalue weighted by Crippen LogP contribution is -2.32. The quantitative estimate of drug-likeness (QED) is 0.547. The largest absolute Gasteiger partial charge is 0.493 e. The lowest BCUT2D eigenvalue weighted by Gasteiger charge is -2.22. The van der Waals surface area contributed by atoms with Gasteiger partial charge in [-0.15, -0.1) is 11.3 Å². The van der Waals surface area contributed by atoms with Crippen LogP contribution >= 0.6 is 11.3 Å². The van der Waals surface area contributed by atoms with Gasteiger partial charge in [0, 0.05) is 17.0 Å². The highest BCUT2D eigenvalue weighted by molar-refractivity contribution is 7.09. The van der Waals surface area contributed by atoms with Crippen molar-refractivity contribution in [2.45, 2.75) is 13.0 Å². The first-order valence-electron chi connectivity index (χ1n) is 8.89. The Kier molecular flexibility index (Phi) is 6.66. The molecule has 28 heavy (non-hydrogen) atoms. The minimum Gasteiger partial charge on any atom is -0.493 e. The van der Waals surface area contributed by atoms with Crippen molar-refractivity contribution in [2.24, 2.45) is 0 Å². The molecule has 146 valence electrons. The second kappa shape index (κ2) is 9.37. The molecule has 0 fully saturated rings. The standard InChI is InChI=1S/C22H22FNO3S/c1-26-20-10-5-16(14-21(20)27-2)11-12-24(15-19-4-3-13-28-19)22(25)17-6-8-18(23)9-7-17/h3-10,13-14H,11-12,15H2,1-2H3. The van der Waals surface area contributed by atoms with Crippen LogP contribution in [-0.4, -0.2) is 31.6 Å². The number of halogens is 1. The lowest BCUT2D eigenvalue weighted by molar-refractivity contribution is 0.0746. The Balaban J connectivity index is 1.77. The van der Waals surface area contributed by atoms with Crippen LogP contribution in [0.2, 0.25) is 0 Å². The third kappa shape index (κ3) is 4.89. The van der Waals surface area contributed by atoms with Gasteiger partial charge in [-0.25, -0.2) is 4.39 Å². The molecule has 3 aromatic rings. The lowest BCUT2D eigenvalue weighted by atomic mass is 10.1. The number of rotatable bonds is 8. The summed E-state index contributed by atoms with van der Waals surface area (Å²) in [5.74, 6) is 0.860. The van der Waals surface area contributed by atoms with E-state index in [1.54, 1.807) is 30.5 Å². The molecule has 1 aromatic heterocycles. The number of ether oxygens (including phenoxy) is 2. The van der Waals surface area contributed by atoms with Crippen LogP contribution in [-0.2, 0) is 13.0 Å². The molecule has 0 unspecified atom stereocenters. The van der Waals surface area contributed by atoms with Gasteiger partial charge in [0.25, 0.3) is 5.91 Å². The van der Waals surface area contributed by atoms with Crippen molar-refractivity contribution in [1.29, 1.82) is 0 Å². The zero-order chi connectivity index (χ0) is 19.9. The molecular weight excluding hydrogens is 377 g/mol. The van der Waals surface area contributed by atoms with E-state index in [2.05, 4.69) is 0 Å². The number of hydrogen-bond acceptors (Lipinski definition) is 4. The van der Waals surface area contributed by atoms with Crippen LogP contribution in [0.15, 0.2) is 60.0 Å². The Morgan fingerprint density at radius 1 is 1.04 bits per heavy atom. The van der Waals surface area contributed by atoms with E-state index in [4.69, 9.17) is 9.47 Å². The molecule has 3 rings (SSSR count). The Morgan fingerprint density at radius 2 is 1.79 bits per heavy atom. The number of nitrogens with zero attached hydrogens (tertiary/aromatic N) is 1. The van der Waals surface area contributed by atoms with E-state index in [1.165, 1.54) is 24.3 Å². The van der Waals surface area contributed by atoms with Gasteiger partial charge in [0.05, 0.1) is 20.8 Å². The zero-order valence-corrected chi connectivity index (χ0v) is 16.7. The summed E-state index contributed by atoms with van der Waals surface area (Å²) in [6.07, 6.45) is 0.665. The number of methoxy groups -OCH3 is 2. The minimum absolute atomic E-state index is 0.117. The third-order valence-electron chi connectivity index (χ3n) is 4.42. The van der Waals surface area contributed by atoms with Crippen LogP contribution in [0, 0.1) is 5.82 Å². The molecule has 0 aliphatic carbocycles. The van der Waals surface area contributed by atoms with E-state index in [0.717, 1.165) is 10.4 Å². The number of amides is 1. The Bertz CT molecular complexity index is 910. The van der Waals surface area contributed by atoms with Gasteiger partial charge in [-0.2, -0.15) is 0 Å². The Hall–Kier alpha value is -2.86. The van der Waals surface area contributed by atoms with Gasteiger partial charge in [-0.05, 0) is 59.8 Å². The van der Waals surface area contributed by atoms with E-state index in [-0.39, 0.29) is 11.7 Å². The predicted octanol–water partition coefficient (Wildman–Crippen LogP) is 4.79. The van der Waals surface area contributed by atoms with Crippen molar-refractivity contribution in [2.75, 3.05) is 20.8 Å². The van der Waals surface area contributed by atoms with Crippen molar-refractivity contribution in [3.05, 3.63) is 81.8 Å². The second-order valence-corrected chi connectivity index (χ2v) is 7.28. The van der Waals surface area contributed by atoms with Crippen molar-refractivity contribution < 1.29 is 18.7 Å². The smallest absolute Gasteiger partial charge is 0.254 e. The molecule has 0 saturated carbocycles. The van der Waals surface area contributed by atoms with Gasteiger partial charge >= 0.3 is 0 Å². The van der Waals surface area contributed by atoms with Crippen LogP contribution in [0.5, 0.6) is 11.5 Å². The Morgan fingerprint density at radius 3 is 2.43 bits per heavy atom. The van der Waals surface area contributed by atoms with Gasteiger partial charge in [0.2, 0.25) is 0 Å².